The molecule has 0 amide bonds. The van der Waals surface area contributed by atoms with Crippen LogP contribution in [0.2, 0.25) is 0 Å². The van der Waals surface area contributed by atoms with Gasteiger partial charge in [0.1, 0.15) is 18.8 Å². The Hall–Kier alpha value is -2.44. The Bertz CT molecular complexity index is 526. The highest BCUT2D eigenvalue weighted by atomic mass is 16.6. The second-order valence-corrected chi connectivity index (χ2v) is 3.97. The summed E-state index contributed by atoms with van der Waals surface area (Å²) in [5, 5.41) is 10.8. The van der Waals surface area contributed by atoms with E-state index in [1.54, 1.807) is 6.92 Å². The largest absolute Gasteiger partial charge is 0.485 e. The molecule has 0 bridgehead atoms. The number of ether oxygens (including phenoxy) is 2. The summed E-state index contributed by atoms with van der Waals surface area (Å²) in [4.78, 5) is 32.8. The molecule has 0 saturated carbocycles. The Kier molecular flexibility index (Phi) is 5.64. The predicted molar refractivity (Wildman–Crippen MR) is 69.6 cm³/mol. The van der Waals surface area contributed by atoms with Crippen LogP contribution < -0.4 is 4.74 Å². The van der Waals surface area contributed by atoms with Crippen LogP contribution in [-0.2, 0) is 14.3 Å². The number of Topliss-reactive ketones (excluding diaryl/α,β-unsaturated/α-hetero) is 1. The van der Waals surface area contributed by atoms with Gasteiger partial charge in [-0.15, -0.1) is 0 Å². The maximum atomic E-state index is 11.5. The van der Waals surface area contributed by atoms with E-state index in [0.29, 0.717) is 5.56 Å². The summed E-state index contributed by atoms with van der Waals surface area (Å²) >= 11 is 0. The first kappa shape index (κ1) is 15.6. The molecule has 0 N–H and O–H groups in total. The van der Waals surface area contributed by atoms with E-state index >= 15 is 0 Å². The summed E-state index contributed by atoms with van der Waals surface area (Å²) in [7, 11) is 0. The highest BCUT2D eigenvalue weighted by Gasteiger charge is 2.16. The zero-order valence-electron chi connectivity index (χ0n) is 11.3. The molecule has 0 aliphatic carbocycles. The van der Waals surface area contributed by atoms with Crippen LogP contribution >= 0.6 is 0 Å². The normalized spacial score (nSPS) is 9.90. The number of benzene rings is 1. The van der Waals surface area contributed by atoms with E-state index in [0.717, 1.165) is 0 Å². The molecule has 7 nitrogen and oxygen atoms in total. The van der Waals surface area contributed by atoms with Crippen molar-refractivity contribution in [3.05, 3.63) is 33.9 Å². The maximum Gasteiger partial charge on any atom is 0.313 e. The SMILES string of the molecule is CCOC(=O)CC(=O)COc1cccc([N+](=O)[O-])c1C. The monoisotopic (exact) mass is 281 g/mol. The van der Waals surface area contributed by atoms with Crippen molar-refractivity contribution < 1.29 is 24.0 Å². The van der Waals surface area contributed by atoms with Crippen molar-refractivity contribution in [1.29, 1.82) is 0 Å². The lowest BCUT2D eigenvalue weighted by Gasteiger charge is -2.08. The fourth-order valence-electron chi connectivity index (χ4n) is 1.54. The number of nitro groups is 1. The molecule has 1 aromatic rings. The lowest BCUT2D eigenvalue weighted by molar-refractivity contribution is -0.385. The summed E-state index contributed by atoms with van der Waals surface area (Å²) in [5.41, 5.74) is 0.252. The minimum absolute atomic E-state index is 0.0830. The molecule has 0 unspecified atom stereocenters. The minimum atomic E-state index is -0.614. The third-order valence-corrected chi connectivity index (χ3v) is 2.49. The first-order chi connectivity index (χ1) is 9.45. The number of hydrogen-bond donors (Lipinski definition) is 0. The van der Waals surface area contributed by atoms with E-state index in [1.807, 2.05) is 0 Å². The average molecular weight is 281 g/mol. The second-order valence-electron chi connectivity index (χ2n) is 3.97. The van der Waals surface area contributed by atoms with Gasteiger partial charge in [-0.25, -0.2) is 0 Å². The molecule has 7 heteroatoms. The van der Waals surface area contributed by atoms with E-state index in [9.17, 15) is 19.7 Å². The van der Waals surface area contributed by atoms with Gasteiger partial charge in [0, 0.05) is 6.07 Å². The maximum absolute atomic E-state index is 11.5. The number of esters is 1. The van der Waals surface area contributed by atoms with Gasteiger partial charge in [-0.2, -0.15) is 0 Å². The number of nitrogens with zero attached hydrogens (tertiary/aromatic N) is 1. The van der Waals surface area contributed by atoms with E-state index in [1.165, 1.54) is 25.1 Å². The molecule has 0 aromatic heterocycles. The van der Waals surface area contributed by atoms with Crippen LogP contribution in [0.3, 0.4) is 0 Å². The van der Waals surface area contributed by atoms with Gasteiger partial charge < -0.3 is 9.47 Å². The molecule has 108 valence electrons. The molecule has 0 aliphatic rings. The van der Waals surface area contributed by atoms with E-state index in [4.69, 9.17) is 4.74 Å². The zero-order valence-corrected chi connectivity index (χ0v) is 11.3. The molecule has 0 fully saturated rings. The van der Waals surface area contributed by atoms with E-state index < -0.39 is 16.7 Å². The molecule has 0 saturated heterocycles. The fraction of sp³-hybridized carbons (Fsp3) is 0.385. The Morgan fingerprint density at radius 1 is 1.35 bits per heavy atom. The summed E-state index contributed by atoms with van der Waals surface area (Å²) < 4.78 is 9.84. The lowest BCUT2D eigenvalue weighted by atomic mass is 10.2. The highest BCUT2D eigenvalue weighted by Crippen LogP contribution is 2.26. The van der Waals surface area contributed by atoms with Gasteiger partial charge >= 0.3 is 5.97 Å². The second kappa shape index (κ2) is 7.22. The number of carbonyl (C=O) groups is 2. The third kappa shape index (κ3) is 4.34. The van der Waals surface area contributed by atoms with Crippen LogP contribution in [0.4, 0.5) is 5.69 Å². The van der Waals surface area contributed by atoms with Gasteiger partial charge in [0.25, 0.3) is 5.69 Å². The molecular weight excluding hydrogens is 266 g/mol. The molecule has 0 atom stereocenters. The first-order valence-electron chi connectivity index (χ1n) is 5.99. The standard InChI is InChI=1S/C13H15NO6/c1-3-19-13(16)7-10(15)8-20-12-6-4-5-11(9(12)2)14(17)18/h4-6H,3,7-8H2,1-2H3. The van der Waals surface area contributed by atoms with Crippen molar-refractivity contribution in [2.75, 3.05) is 13.2 Å². The van der Waals surface area contributed by atoms with Gasteiger partial charge in [0.05, 0.1) is 17.1 Å². The summed E-state index contributed by atoms with van der Waals surface area (Å²) in [5.74, 6) is -0.817. The van der Waals surface area contributed by atoms with E-state index in [-0.39, 0.29) is 31.1 Å². The fourth-order valence-corrected chi connectivity index (χ4v) is 1.54. The molecule has 0 spiro atoms. The van der Waals surface area contributed by atoms with Crippen LogP contribution in [0.1, 0.15) is 18.9 Å². The first-order valence-corrected chi connectivity index (χ1v) is 5.99. The van der Waals surface area contributed by atoms with Crippen LogP contribution in [0.15, 0.2) is 18.2 Å². The van der Waals surface area contributed by atoms with Crippen LogP contribution in [0.5, 0.6) is 5.75 Å². The van der Waals surface area contributed by atoms with Crippen LogP contribution in [0, 0.1) is 17.0 Å². The van der Waals surface area contributed by atoms with Gasteiger partial charge in [-0.3, -0.25) is 19.7 Å². The van der Waals surface area contributed by atoms with Crippen molar-refractivity contribution in [1.82, 2.24) is 0 Å². The highest BCUT2D eigenvalue weighted by molar-refractivity contribution is 5.96. The quantitative estimate of drug-likeness (QED) is 0.327. The summed E-state index contributed by atoms with van der Waals surface area (Å²) in [6, 6.07) is 4.35. The van der Waals surface area contributed by atoms with Gasteiger partial charge in [0.15, 0.2) is 5.78 Å². The molecule has 20 heavy (non-hydrogen) atoms. The number of rotatable bonds is 7. The minimum Gasteiger partial charge on any atom is -0.485 e. The number of hydrogen-bond acceptors (Lipinski definition) is 6. The lowest BCUT2D eigenvalue weighted by Crippen LogP contribution is -2.17. The van der Waals surface area contributed by atoms with Crippen LogP contribution in [-0.4, -0.2) is 29.9 Å². The average Bonchev–Trinajstić information content (AvgIpc) is 2.37. The Morgan fingerprint density at radius 3 is 2.65 bits per heavy atom. The Balaban J connectivity index is 2.62. The topological polar surface area (TPSA) is 95.7 Å². The number of nitro benzene ring substituents is 1. The summed E-state index contributed by atoms with van der Waals surface area (Å²) in [6.45, 7) is 3.05. The van der Waals surface area contributed by atoms with Gasteiger partial charge in [-0.1, -0.05) is 6.07 Å². The number of carbonyl (C=O) groups excluding carboxylic acids is 2. The van der Waals surface area contributed by atoms with Gasteiger partial charge in [-0.05, 0) is 19.9 Å². The van der Waals surface area contributed by atoms with Crippen molar-refractivity contribution in [3.8, 4) is 5.75 Å². The summed E-state index contributed by atoms with van der Waals surface area (Å²) in [6.07, 6.45) is -0.373. The van der Waals surface area contributed by atoms with E-state index in [2.05, 4.69) is 4.74 Å². The van der Waals surface area contributed by atoms with Crippen molar-refractivity contribution >= 4 is 17.4 Å². The van der Waals surface area contributed by atoms with Crippen molar-refractivity contribution in [2.24, 2.45) is 0 Å². The van der Waals surface area contributed by atoms with Crippen molar-refractivity contribution in [2.45, 2.75) is 20.3 Å². The molecule has 0 aliphatic heterocycles. The van der Waals surface area contributed by atoms with Gasteiger partial charge in [0.2, 0.25) is 0 Å². The zero-order chi connectivity index (χ0) is 15.1. The van der Waals surface area contributed by atoms with Crippen LogP contribution in [0.25, 0.3) is 0 Å². The molecule has 1 rings (SSSR count). The number of ketones is 1. The smallest absolute Gasteiger partial charge is 0.313 e. The Morgan fingerprint density at radius 2 is 2.05 bits per heavy atom. The molecular formula is C13H15NO6. The third-order valence-electron chi connectivity index (χ3n) is 2.49. The molecule has 1 aromatic carbocycles. The Labute approximate surface area is 115 Å². The predicted octanol–water partition coefficient (Wildman–Crippen LogP) is 1.80. The molecule has 0 heterocycles. The molecule has 0 radical (unpaired) electrons. The van der Waals surface area contributed by atoms with Crippen molar-refractivity contribution in [3.63, 3.8) is 0 Å².